The average Bonchev–Trinajstić information content (AvgIpc) is 2.41. The van der Waals surface area contributed by atoms with E-state index in [1.807, 2.05) is 0 Å². The second-order valence-corrected chi connectivity index (χ2v) is 3.52. The number of alkyl halides is 2. The molecular formula is C8H14F2N2O2. The van der Waals surface area contributed by atoms with Gasteiger partial charge in [-0.3, -0.25) is 9.69 Å². The highest BCUT2D eigenvalue weighted by molar-refractivity contribution is 5.73. The molecule has 0 saturated carbocycles. The molecule has 0 spiro atoms. The van der Waals surface area contributed by atoms with Crippen molar-refractivity contribution in [2.24, 2.45) is 0 Å². The standard InChI is InChI=1S/C8H14F2N2O2/c1-11-6(7(13)14)4-12-3-2-8(9,10)5-12/h6,11H,2-5H2,1H3,(H,13,14). The third-order valence-corrected chi connectivity index (χ3v) is 2.34. The molecule has 6 heteroatoms. The van der Waals surface area contributed by atoms with Gasteiger partial charge in [-0.25, -0.2) is 8.78 Å². The lowest BCUT2D eigenvalue weighted by atomic mass is 10.3. The first kappa shape index (κ1) is 11.3. The number of carbonyl (C=O) groups is 1. The van der Waals surface area contributed by atoms with Crippen LogP contribution in [0.15, 0.2) is 0 Å². The Morgan fingerprint density at radius 3 is 2.71 bits per heavy atom. The highest BCUT2D eigenvalue weighted by Crippen LogP contribution is 2.26. The van der Waals surface area contributed by atoms with Crippen molar-refractivity contribution in [3.8, 4) is 0 Å². The van der Waals surface area contributed by atoms with E-state index in [1.165, 1.54) is 11.9 Å². The van der Waals surface area contributed by atoms with Crippen LogP contribution in [0.2, 0.25) is 0 Å². The first-order chi connectivity index (χ1) is 6.44. The molecule has 0 radical (unpaired) electrons. The molecule has 0 aromatic heterocycles. The lowest BCUT2D eigenvalue weighted by Crippen LogP contribution is -2.44. The SMILES string of the molecule is CNC(CN1CCC(F)(F)C1)C(=O)O. The second-order valence-electron chi connectivity index (χ2n) is 3.52. The summed E-state index contributed by atoms with van der Waals surface area (Å²) in [4.78, 5) is 12.1. The Bertz CT molecular complexity index is 223. The number of hydrogen-bond donors (Lipinski definition) is 2. The summed E-state index contributed by atoms with van der Waals surface area (Å²) in [5.74, 6) is -3.67. The van der Waals surface area contributed by atoms with Gasteiger partial charge in [-0.1, -0.05) is 0 Å². The van der Waals surface area contributed by atoms with Crippen LogP contribution >= 0.6 is 0 Å². The van der Waals surface area contributed by atoms with Crippen LogP contribution in [0.1, 0.15) is 6.42 Å². The summed E-state index contributed by atoms with van der Waals surface area (Å²) in [5, 5.41) is 11.3. The Kier molecular flexibility index (Phi) is 3.38. The molecule has 82 valence electrons. The molecule has 1 rings (SSSR count). The van der Waals surface area contributed by atoms with E-state index >= 15 is 0 Å². The lowest BCUT2D eigenvalue weighted by Gasteiger charge is -2.19. The quantitative estimate of drug-likeness (QED) is 0.682. The zero-order chi connectivity index (χ0) is 10.8. The van der Waals surface area contributed by atoms with Crippen LogP contribution in [-0.2, 0) is 4.79 Å². The molecule has 0 bridgehead atoms. The van der Waals surface area contributed by atoms with Crippen LogP contribution < -0.4 is 5.32 Å². The third-order valence-electron chi connectivity index (χ3n) is 2.34. The van der Waals surface area contributed by atoms with Gasteiger partial charge in [0, 0.05) is 19.5 Å². The van der Waals surface area contributed by atoms with Crippen LogP contribution in [-0.4, -0.2) is 54.6 Å². The van der Waals surface area contributed by atoms with E-state index in [9.17, 15) is 13.6 Å². The topological polar surface area (TPSA) is 52.6 Å². The molecule has 1 aliphatic rings. The van der Waals surface area contributed by atoms with Crippen molar-refractivity contribution in [1.29, 1.82) is 0 Å². The van der Waals surface area contributed by atoms with E-state index in [2.05, 4.69) is 5.32 Å². The van der Waals surface area contributed by atoms with Gasteiger partial charge in [-0.05, 0) is 7.05 Å². The summed E-state index contributed by atoms with van der Waals surface area (Å²) in [6.07, 6.45) is -0.178. The van der Waals surface area contributed by atoms with Gasteiger partial charge in [-0.2, -0.15) is 0 Å². The zero-order valence-electron chi connectivity index (χ0n) is 7.96. The lowest BCUT2D eigenvalue weighted by molar-refractivity contribution is -0.139. The average molecular weight is 208 g/mol. The normalized spacial score (nSPS) is 23.6. The fourth-order valence-corrected chi connectivity index (χ4v) is 1.51. The van der Waals surface area contributed by atoms with Crippen LogP contribution in [0.5, 0.6) is 0 Å². The molecule has 14 heavy (non-hydrogen) atoms. The molecule has 1 unspecified atom stereocenters. The van der Waals surface area contributed by atoms with Gasteiger partial charge in [-0.15, -0.1) is 0 Å². The first-order valence-electron chi connectivity index (χ1n) is 4.45. The predicted octanol–water partition coefficient (Wildman–Crippen LogP) is -0.000000000000000500. The third kappa shape index (κ3) is 2.88. The van der Waals surface area contributed by atoms with E-state index in [-0.39, 0.29) is 26.1 Å². The smallest absolute Gasteiger partial charge is 0.322 e. The van der Waals surface area contributed by atoms with Gasteiger partial charge in [0.25, 0.3) is 5.92 Å². The van der Waals surface area contributed by atoms with Crippen LogP contribution in [0.4, 0.5) is 8.78 Å². The van der Waals surface area contributed by atoms with Crippen molar-refractivity contribution in [1.82, 2.24) is 10.2 Å². The van der Waals surface area contributed by atoms with Crippen molar-refractivity contribution >= 4 is 5.97 Å². The highest BCUT2D eigenvalue weighted by Gasteiger charge is 2.39. The number of nitrogens with one attached hydrogen (secondary N) is 1. The molecule has 1 fully saturated rings. The van der Waals surface area contributed by atoms with Crippen molar-refractivity contribution in [3.63, 3.8) is 0 Å². The Morgan fingerprint density at radius 2 is 2.36 bits per heavy atom. The number of hydrogen-bond acceptors (Lipinski definition) is 3. The van der Waals surface area contributed by atoms with Gasteiger partial charge in [0.05, 0.1) is 6.54 Å². The van der Waals surface area contributed by atoms with Crippen molar-refractivity contribution in [2.75, 3.05) is 26.7 Å². The highest BCUT2D eigenvalue weighted by atomic mass is 19.3. The van der Waals surface area contributed by atoms with Crippen molar-refractivity contribution < 1.29 is 18.7 Å². The fraction of sp³-hybridized carbons (Fsp3) is 0.875. The minimum atomic E-state index is -2.66. The second kappa shape index (κ2) is 4.18. The molecule has 0 amide bonds. The van der Waals surface area contributed by atoms with E-state index in [0.29, 0.717) is 0 Å². The zero-order valence-corrected chi connectivity index (χ0v) is 7.96. The maximum atomic E-state index is 12.7. The number of rotatable bonds is 4. The largest absolute Gasteiger partial charge is 0.480 e. The molecule has 0 aliphatic carbocycles. The van der Waals surface area contributed by atoms with Gasteiger partial charge in [0.15, 0.2) is 0 Å². The van der Waals surface area contributed by atoms with Crippen LogP contribution in [0, 0.1) is 0 Å². The summed E-state index contributed by atoms with van der Waals surface area (Å²) in [6.45, 7) is 0.0539. The van der Waals surface area contributed by atoms with Crippen molar-refractivity contribution in [2.45, 2.75) is 18.4 Å². The number of nitrogens with zero attached hydrogens (tertiary/aromatic N) is 1. The van der Waals surface area contributed by atoms with Crippen LogP contribution in [0.3, 0.4) is 0 Å². The molecule has 4 nitrogen and oxygen atoms in total. The van der Waals surface area contributed by atoms with Gasteiger partial charge < -0.3 is 10.4 Å². The van der Waals surface area contributed by atoms with Crippen molar-refractivity contribution in [3.05, 3.63) is 0 Å². The number of likely N-dealkylation sites (N-methyl/N-ethyl adjacent to an activating group) is 1. The molecule has 1 atom stereocenters. The van der Waals surface area contributed by atoms with E-state index in [4.69, 9.17) is 5.11 Å². The summed E-state index contributed by atoms with van der Waals surface area (Å²) in [7, 11) is 1.51. The molecular weight excluding hydrogens is 194 g/mol. The minimum absolute atomic E-state index is 0.126. The van der Waals surface area contributed by atoms with Gasteiger partial charge in [0.1, 0.15) is 6.04 Å². The first-order valence-corrected chi connectivity index (χ1v) is 4.45. The molecule has 1 saturated heterocycles. The summed E-state index contributed by atoms with van der Waals surface area (Å²) in [5.41, 5.74) is 0. The summed E-state index contributed by atoms with van der Waals surface area (Å²) < 4.78 is 25.5. The number of carboxylic acid groups (broad SMARTS) is 1. The number of likely N-dealkylation sites (tertiary alicyclic amines) is 1. The minimum Gasteiger partial charge on any atom is -0.480 e. The Morgan fingerprint density at radius 1 is 1.71 bits per heavy atom. The van der Waals surface area contributed by atoms with E-state index in [0.717, 1.165) is 0 Å². The maximum absolute atomic E-state index is 12.7. The molecule has 0 aromatic carbocycles. The van der Waals surface area contributed by atoms with Crippen LogP contribution in [0.25, 0.3) is 0 Å². The molecule has 0 aromatic rings. The number of halogens is 2. The fourth-order valence-electron chi connectivity index (χ4n) is 1.51. The molecule has 1 aliphatic heterocycles. The number of aliphatic carboxylic acids is 1. The van der Waals surface area contributed by atoms with E-state index < -0.39 is 17.9 Å². The monoisotopic (exact) mass is 208 g/mol. The molecule has 1 heterocycles. The Hall–Kier alpha value is -0.750. The molecule has 2 N–H and O–H groups in total. The van der Waals surface area contributed by atoms with Gasteiger partial charge >= 0.3 is 5.97 Å². The Labute approximate surface area is 80.9 Å². The summed E-state index contributed by atoms with van der Waals surface area (Å²) in [6, 6.07) is -0.774. The predicted molar refractivity (Wildman–Crippen MR) is 46.5 cm³/mol. The summed E-state index contributed by atoms with van der Waals surface area (Å²) >= 11 is 0. The number of carboxylic acids is 1. The van der Waals surface area contributed by atoms with E-state index in [1.54, 1.807) is 0 Å². The van der Waals surface area contributed by atoms with Gasteiger partial charge in [0.2, 0.25) is 0 Å². The maximum Gasteiger partial charge on any atom is 0.322 e. The Balaban J connectivity index is 2.42.